The van der Waals surface area contributed by atoms with Crippen LogP contribution >= 0.6 is 23.2 Å². The summed E-state index contributed by atoms with van der Waals surface area (Å²) in [4.78, 5) is 33.6. The molecule has 2 aromatic carbocycles. The molecule has 2 aliphatic rings. The van der Waals surface area contributed by atoms with Gasteiger partial charge in [0.05, 0.1) is 10.6 Å². The molecule has 3 aromatic rings. The topological polar surface area (TPSA) is 56.4 Å². The van der Waals surface area contributed by atoms with Gasteiger partial charge in [0.25, 0.3) is 5.91 Å². The molecule has 2 amide bonds. The summed E-state index contributed by atoms with van der Waals surface area (Å²) in [5.41, 5.74) is 3.83. The van der Waals surface area contributed by atoms with E-state index in [0.717, 1.165) is 23.7 Å². The fraction of sp³-hybridized carbons (Fsp3) is 0.304. The molecule has 1 atom stereocenters. The van der Waals surface area contributed by atoms with Crippen molar-refractivity contribution in [1.82, 2.24) is 14.8 Å². The first-order chi connectivity index (χ1) is 14.5. The third-order valence-corrected chi connectivity index (χ3v) is 6.72. The van der Waals surface area contributed by atoms with Gasteiger partial charge in [-0.2, -0.15) is 0 Å². The molecule has 1 N–H and O–H groups in total. The van der Waals surface area contributed by atoms with Crippen LogP contribution in [0.3, 0.4) is 0 Å². The van der Waals surface area contributed by atoms with E-state index < -0.39 is 6.04 Å². The van der Waals surface area contributed by atoms with Gasteiger partial charge in [0.2, 0.25) is 5.91 Å². The number of carbonyl (C=O) groups excluding carboxylic acids is 2. The maximum Gasteiger partial charge on any atom is 0.256 e. The molecular formula is C23H21Cl2N3O2. The zero-order valence-electron chi connectivity index (χ0n) is 16.3. The first-order valence-electron chi connectivity index (χ1n) is 10.2. The van der Waals surface area contributed by atoms with E-state index >= 15 is 0 Å². The molecule has 5 nitrogen and oxygen atoms in total. The lowest BCUT2D eigenvalue weighted by Crippen LogP contribution is -2.49. The Morgan fingerprint density at radius 2 is 1.90 bits per heavy atom. The Hall–Kier alpha value is -2.50. The summed E-state index contributed by atoms with van der Waals surface area (Å²) < 4.78 is 0. The molecule has 3 heterocycles. The average molecular weight is 442 g/mol. The number of amides is 2. The van der Waals surface area contributed by atoms with E-state index in [1.54, 1.807) is 23.1 Å². The van der Waals surface area contributed by atoms with Gasteiger partial charge in [0, 0.05) is 53.2 Å². The number of rotatable bonds is 2. The highest BCUT2D eigenvalue weighted by Crippen LogP contribution is 2.31. The van der Waals surface area contributed by atoms with Crippen LogP contribution in [0.25, 0.3) is 10.9 Å². The van der Waals surface area contributed by atoms with Crippen LogP contribution in [0.4, 0.5) is 0 Å². The van der Waals surface area contributed by atoms with Gasteiger partial charge in [-0.3, -0.25) is 9.59 Å². The van der Waals surface area contributed by atoms with E-state index in [2.05, 4.69) is 17.1 Å². The minimum atomic E-state index is -0.459. The highest BCUT2D eigenvalue weighted by molar-refractivity contribution is 6.35. The maximum absolute atomic E-state index is 13.4. The SMILES string of the molecule is O=C(C1CCCN1C(=O)c1cc(Cl)ccc1Cl)N1CCc2[nH]c3ccccc3c2C1. The molecule has 5 rings (SSSR count). The molecule has 30 heavy (non-hydrogen) atoms. The number of nitrogens with zero attached hydrogens (tertiary/aromatic N) is 2. The highest BCUT2D eigenvalue weighted by Gasteiger charge is 2.38. The number of benzene rings is 2. The predicted molar refractivity (Wildman–Crippen MR) is 118 cm³/mol. The van der Waals surface area contributed by atoms with Crippen LogP contribution in [0.5, 0.6) is 0 Å². The van der Waals surface area contributed by atoms with Crippen molar-refractivity contribution in [3.63, 3.8) is 0 Å². The number of carbonyl (C=O) groups is 2. The van der Waals surface area contributed by atoms with E-state index in [9.17, 15) is 9.59 Å². The van der Waals surface area contributed by atoms with E-state index in [-0.39, 0.29) is 11.8 Å². The van der Waals surface area contributed by atoms with Crippen molar-refractivity contribution in [2.75, 3.05) is 13.1 Å². The number of hydrogen-bond acceptors (Lipinski definition) is 2. The lowest BCUT2D eigenvalue weighted by Gasteiger charge is -2.33. The molecule has 2 aliphatic heterocycles. The van der Waals surface area contributed by atoms with E-state index in [1.807, 2.05) is 17.0 Å². The van der Waals surface area contributed by atoms with Gasteiger partial charge in [-0.25, -0.2) is 0 Å². The largest absolute Gasteiger partial charge is 0.358 e. The molecular weight excluding hydrogens is 421 g/mol. The fourth-order valence-electron chi connectivity index (χ4n) is 4.65. The van der Waals surface area contributed by atoms with Crippen LogP contribution in [-0.4, -0.2) is 45.7 Å². The molecule has 1 unspecified atom stereocenters. The number of aromatic amines is 1. The Labute approximate surface area is 184 Å². The quantitative estimate of drug-likeness (QED) is 0.628. The second-order valence-electron chi connectivity index (χ2n) is 7.92. The molecule has 0 spiro atoms. The maximum atomic E-state index is 13.4. The molecule has 0 radical (unpaired) electrons. The Kier molecular flexibility index (Phi) is 4.95. The van der Waals surface area contributed by atoms with Crippen molar-refractivity contribution in [2.24, 2.45) is 0 Å². The van der Waals surface area contributed by atoms with Gasteiger partial charge in [0.15, 0.2) is 0 Å². The van der Waals surface area contributed by atoms with Gasteiger partial charge in [-0.1, -0.05) is 41.4 Å². The number of halogens is 2. The van der Waals surface area contributed by atoms with Crippen molar-refractivity contribution in [1.29, 1.82) is 0 Å². The summed E-state index contributed by atoms with van der Waals surface area (Å²) in [5.74, 6) is -0.224. The molecule has 1 saturated heterocycles. The Balaban J connectivity index is 1.39. The number of H-pyrrole nitrogens is 1. The summed E-state index contributed by atoms with van der Waals surface area (Å²) in [6.07, 6.45) is 2.25. The van der Waals surface area contributed by atoms with Crippen LogP contribution in [0, 0.1) is 0 Å². The monoisotopic (exact) mass is 441 g/mol. The third kappa shape index (κ3) is 3.26. The normalized spacial score (nSPS) is 18.7. The second-order valence-corrected chi connectivity index (χ2v) is 8.76. The van der Waals surface area contributed by atoms with Crippen LogP contribution in [0.2, 0.25) is 10.0 Å². The van der Waals surface area contributed by atoms with Crippen molar-refractivity contribution in [3.05, 3.63) is 69.3 Å². The number of likely N-dealkylation sites (tertiary alicyclic amines) is 1. The summed E-state index contributed by atoms with van der Waals surface area (Å²) >= 11 is 12.3. The number of para-hydroxylation sites is 1. The second kappa shape index (κ2) is 7.64. The highest BCUT2D eigenvalue weighted by atomic mass is 35.5. The van der Waals surface area contributed by atoms with Crippen LogP contribution < -0.4 is 0 Å². The van der Waals surface area contributed by atoms with E-state index in [4.69, 9.17) is 23.2 Å². The Bertz CT molecular complexity index is 1160. The summed E-state index contributed by atoms with van der Waals surface area (Å²) in [6.45, 7) is 1.76. The molecule has 154 valence electrons. The lowest BCUT2D eigenvalue weighted by atomic mass is 10.0. The van der Waals surface area contributed by atoms with Gasteiger partial charge >= 0.3 is 0 Å². The van der Waals surface area contributed by atoms with Crippen molar-refractivity contribution in [3.8, 4) is 0 Å². The first-order valence-corrected chi connectivity index (χ1v) is 10.9. The van der Waals surface area contributed by atoms with Gasteiger partial charge in [-0.05, 0) is 37.1 Å². The predicted octanol–water partition coefficient (Wildman–Crippen LogP) is 4.66. The average Bonchev–Trinajstić information content (AvgIpc) is 3.39. The van der Waals surface area contributed by atoms with Crippen LogP contribution in [0.15, 0.2) is 42.5 Å². The first kappa shape index (κ1) is 19.5. The Morgan fingerprint density at radius 1 is 1.07 bits per heavy atom. The van der Waals surface area contributed by atoms with Crippen molar-refractivity contribution in [2.45, 2.75) is 31.8 Å². The Morgan fingerprint density at radius 3 is 2.77 bits per heavy atom. The number of hydrogen-bond donors (Lipinski definition) is 1. The third-order valence-electron chi connectivity index (χ3n) is 6.15. The van der Waals surface area contributed by atoms with Gasteiger partial charge < -0.3 is 14.8 Å². The minimum Gasteiger partial charge on any atom is -0.358 e. The molecule has 0 saturated carbocycles. The fourth-order valence-corrected chi connectivity index (χ4v) is 5.02. The smallest absolute Gasteiger partial charge is 0.256 e. The van der Waals surface area contributed by atoms with Gasteiger partial charge in [0.1, 0.15) is 6.04 Å². The van der Waals surface area contributed by atoms with Crippen molar-refractivity contribution >= 4 is 45.9 Å². The number of nitrogens with one attached hydrogen (secondary N) is 1. The zero-order valence-corrected chi connectivity index (χ0v) is 17.8. The van der Waals surface area contributed by atoms with E-state index in [0.29, 0.717) is 41.7 Å². The molecule has 1 fully saturated rings. The number of fused-ring (bicyclic) bond motifs is 3. The zero-order chi connectivity index (χ0) is 20.8. The summed E-state index contributed by atoms with van der Waals surface area (Å²) in [5, 5.41) is 1.96. The van der Waals surface area contributed by atoms with Gasteiger partial charge in [-0.15, -0.1) is 0 Å². The minimum absolute atomic E-state index is 0.00920. The van der Waals surface area contributed by atoms with E-state index in [1.165, 1.54) is 11.3 Å². The standard InChI is InChI=1S/C23H21Cl2N3O2/c24-14-7-8-18(25)16(12-14)22(29)28-10-3-6-21(28)23(30)27-11-9-20-17(13-27)15-4-1-2-5-19(15)26-20/h1-2,4-5,7-8,12,21,26H,3,6,9-11,13H2. The lowest BCUT2D eigenvalue weighted by molar-refractivity contribution is -0.136. The van der Waals surface area contributed by atoms with Crippen molar-refractivity contribution < 1.29 is 9.59 Å². The molecule has 0 bridgehead atoms. The molecule has 0 aliphatic carbocycles. The summed E-state index contributed by atoms with van der Waals surface area (Å²) in [6, 6.07) is 12.6. The van der Waals surface area contributed by atoms with Crippen LogP contribution in [-0.2, 0) is 17.8 Å². The molecule has 7 heteroatoms. The summed E-state index contributed by atoms with van der Waals surface area (Å²) in [7, 11) is 0. The molecule has 1 aromatic heterocycles. The van der Waals surface area contributed by atoms with Crippen LogP contribution in [0.1, 0.15) is 34.5 Å². The number of aromatic nitrogens is 1.